The predicted octanol–water partition coefficient (Wildman–Crippen LogP) is 3.07. The molecule has 0 bridgehead atoms. The van der Waals surface area contributed by atoms with E-state index in [0.29, 0.717) is 0 Å². The molecule has 0 aliphatic carbocycles. The van der Waals surface area contributed by atoms with Crippen LogP contribution in [0.5, 0.6) is 0 Å². The Morgan fingerprint density at radius 2 is 2.25 bits per heavy atom. The Kier molecular flexibility index (Phi) is 3.36. The molecule has 0 saturated heterocycles. The molecule has 2 aromatic rings. The molecule has 0 aliphatic heterocycles. The average Bonchev–Trinajstić information content (AvgIpc) is 2.76. The maximum absolute atomic E-state index is 5.75. The topological polar surface area (TPSA) is 50.7 Å². The van der Waals surface area contributed by atoms with Gasteiger partial charge in [-0.25, -0.2) is 15.0 Å². The van der Waals surface area contributed by atoms with E-state index >= 15 is 0 Å². The third-order valence-electron chi connectivity index (χ3n) is 2.12. The summed E-state index contributed by atoms with van der Waals surface area (Å²) >= 11 is 7.36. The zero-order valence-electron chi connectivity index (χ0n) is 8.94. The van der Waals surface area contributed by atoms with Crippen LogP contribution >= 0.6 is 22.9 Å². The SMILES string of the molecule is Cc1cnc(Cl)nc1NC(C)c1nccs1. The third kappa shape index (κ3) is 2.48. The number of aromatic nitrogens is 3. The zero-order chi connectivity index (χ0) is 11.5. The van der Waals surface area contributed by atoms with Crippen molar-refractivity contribution in [3.8, 4) is 0 Å². The van der Waals surface area contributed by atoms with Crippen molar-refractivity contribution < 1.29 is 0 Å². The molecule has 1 unspecified atom stereocenters. The Labute approximate surface area is 103 Å². The highest BCUT2D eigenvalue weighted by Crippen LogP contribution is 2.22. The van der Waals surface area contributed by atoms with Crippen molar-refractivity contribution in [2.24, 2.45) is 0 Å². The summed E-state index contributed by atoms with van der Waals surface area (Å²) in [7, 11) is 0. The van der Waals surface area contributed by atoms with Crippen LogP contribution in [0.25, 0.3) is 0 Å². The molecule has 1 atom stereocenters. The lowest BCUT2D eigenvalue weighted by molar-refractivity contribution is 0.855. The van der Waals surface area contributed by atoms with E-state index < -0.39 is 0 Å². The first-order valence-corrected chi connectivity index (χ1v) is 6.07. The minimum Gasteiger partial charge on any atom is -0.361 e. The minimum absolute atomic E-state index is 0.115. The maximum Gasteiger partial charge on any atom is 0.224 e. The molecule has 0 saturated carbocycles. The first-order chi connectivity index (χ1) is 7.66. The van der Waals surface area contributed by atoms with Crippen molar-refractivity contribution in [3.05, 3.63) is 33.6 Å². The molecule has 0 fully saturated rings. The van der Waals surface area contributed by atoms with Gasteiger partial charge in [-0.2, -0.15) is 0 Å². The third-order valence-corrected chi connectivity index (χ3v) is 3.26. The molecule has 1 N–H and O–H groups in total. The van der Waals surface area contributed by atoms with Crippen LogP contribution in [-0.2, 0) is 0 Å². The lowest BCUT2D eigenvalue weighted by Crippen LogP contribution is -2.09. The molecule has 2 aromatic heterocycles. The van der Waals surface area contributed by atoms with Gasteiger partial charge in [0, 0.05) is 23.3 Å². The van der Waals surface area contributed by atoms with Crippen molar-refractivity contribution in [1.29, 1.82) is 0 Å². The van der Waals surface area contributed by atoms with Gasteiger partial charge in [0.2, 0.25) is 5.28 Å². The Morgan fingerprint density at radius 3 is 2.94 bits per heavy atom. The average molecular weight is 255 g/mol. The second kappa shape index (κ2) is 4.76. The summed E-state index contributed by atoms with van der Waals surface area (Å²) in [5.74, 6) is 0.753. The molecule has 0 aliphatic rings. The number of rotatable bonds is 3. The van der Waals surface area contributed by atoms with Crippen LogP contribution in [0.3, 0.4) is 0 Å². The Balaban J connectivity index is 2.17. The van der Waals surface area contributed by atoms with Gasteiger partial charge in [-0.1, -0.05) is 0 Å². The summed E-state index contributed by atoms with van der Waals surface area (Å²) in [5, 5.41) is 6.49. The quantitative estimate of drug-likeness (QED) is 0.856. The number of nitrogens with one attached hydrogen (secondary N) is 1. The number of halogens is 1. The van der Waals surface area contributed by atoms with Gasteiger partial charge in [0.05, 0.1) is 6.04 Å². The zero-order valence-corrected chi connectivity index (χ0v) is 10.5. The molecule has 16 heavy (non-hydrogen) atoms. The van der Waals surface area contributed by atoms with E-state index in [9.17, 15) is 0 Å². The van der Waals surface area contributed by atoms with Crippen molar-refractivity contribution in [2.45, 2.75) is 19.9 Å². The van der Waals surface area contributed by atoms with Gasteiger partial charge in [-0.05, 0) is 25.4 Å². The first-order valence-electron chi connectivity index (χ1n) is 4.82. The van der Waals surface area contributed by atoms with E-state index in [1.54, 1.807) is 23.7 Å². The van der Waals surface area contributed by atoms with Crippen LogP contribution < -0.4 is 5.32 Å². The van der Waals surface area contributed by atoms with E-state index in [1.165, 1.54) is 0 Å². The van der Waals surface area contributed by atoms with Gasteiger partial charge in [-0.3, -0.25) is 0 Å². The molecule has 2 rings (SSSR count). The monoisotopic (exact) mass is 254 g/mol. The van der Waals surface area contributed by atoms with E-state index in [2.05, 4.69) is 20.3 Å². The van der Waals surface area contributed by atoms with Crippen molar-refractivity contribution in [3.63, 3.8) is 0 Å². The van der Waals surface area contributed by atoms with Crippen molar-refractivity contribution in [2.75, 3.05) is 5.32 Å². The Morgan fingerprint density at radius 1 is 1.44 bits per heavy atom. The van der Waals surface area contributed by atoms with Crippen LogP contribution in [0.4, 0.5) is 5.82 Å². The highest BCUT2D eigenvalue weighted by molar-refractivity contribution is 7.09. The number of aryl methyl sites for hydroxylation is 1. The summed E-state index contributed by atoms with van der Waals surface area (Å²) in [5.41, 5.74) is 0.966. The summed E-state index contributed by atoms with van der Waals surface area (Å²) in [6.45, 7) is 3.97. The molecular weight excluding hydrogens is 244 g/mol. The number of hydrogen-bond donors (Lipinski definition) is 1. The first kappa shape index (κ1) is 11.3. The van der Waals surface area contributed by atoms with E-state index in [-0.39, 0.29) is 11.3 Å². The van der Waals surface area contributed by atoms with Gasteiger partial charge in [0.25, 0.3) is 0 Å². The lowest BCUT2D eigenvalue weighted by Gasteiger charge is -2.13. The largest absolute Gasteiger partial charge is 0.361 e. The molecule has 2 heterocycles. The van der Waals surface area contributed by atoms with Crippen LogP contribution in [0.2, 0.25) is 5.28 Å². The van der Waals surface area contributed by atoms with E-state index in [4.69, 9.17) is 11.6 Å². The Bertz CT molecular complexity index is 472. The molecule has 0 aromatic carbocycles. The molecule has 0 amide bonds. The van der Waals surface area contributed by atoms with Crippen LogP contribution in [-0.4, -0.2) is 15.0 Å². The Hall–Kier alpha value is -1.20. The summed E-state index contributed by atoms with van der Waals surface area (Å²) < 4.78 is 0. The fourth-order valence-corrected chi connectivity index (χ4v) is 2.06. The summed E-state index contributed by atoms with van der Waals surface area (Å²) in [6, 6.07) is 0.115. The molecule has 0 radical (unpaired) electrons. The molecule has 4 nitrogen and oxygen atoms in total. The van der Waals surface area contributed by atoms with Crippen LogP contribution in [0.15, 0.2) is 17.8 Å². The number of thiazole rings is 1. The summed E-state index contributed by atoms with van der Waals surface area (Å²) in [4.78, 5) is 12.3. The van der Waals surface area contributed by atoms with Crippen LogP contribution in [0.1, 0.15) is 23.5 Å². The highest BCUT2D eigenvalue weighted by Gasteiger charge is 2.10. The van der Waals surface area contributed by atoms with E-state index in [0.717, 1.165) is 16.4 Å². The lowest BCUT2D eigenvalue weighted by atomic mass is 10.3. The number of anilines is 1. The van der Waals surface area contributed by atoms with Gasteiger partial charge in [0.1, 0.15) is 10.8 Å². The van der Waals surface area contributed by atoms with Gasteiger partial charge < -0.3 is 5.32 Å². The molecule has 84 valence electrons. The molecular formula is C10H11ClN4S. The molecule has 6 heteroatoms. The van der Waals surface area contributed by atoms with Gasteiger partial charge >= 0.3 is 0 Å². The smallest absolute Gasteiger partial charge is 0.224 e. The predicted molar refractivity (Wildman–Crippen MR) is 65.9 cm³/mol. The fourth-order valence-electron chi connectivity index (χ4n) is 1.28. The highest BCUT2D eigenvalue weighted by atomic mass is 35.5. The standard InChI is InChI=1S/C10H11ClN4S/c1-6-5-13-10(11)15-8(6)14-7(2)9-12-3-4-16-9/h3-5,7H,1-2H3,(H,13,14,15). The number of hydrogen-bond acceptors (Lipinski definition) is 5. The second-order valence-corrected chi connectivity index (χ2v) is 4.67. The van der Waals surface area contributed by atoms with Crippen LogP contribution in [0, 0.1) is 6.92 Å². The van der Waals surface area contributed by atoms with E-state index in [1.807, 2.05) is 19.2 Å². The normalized spacial score (nSPS) is 12.4. The van der Waals surface area contributed by atoms with Crippen molar-refractivity contribution in [1.82, 2.24) is 15.0 Å². The minimum atomic E-state index is 0.115. The second-order valence-electron chi connectivity index (χ2n) is 3.41. The number of nitrogens with zero attached hydrogens (tertiary/aromatic N) is 3. The maximum atomic E-state index is 5.75. The summed E-state index contributed by atoms with van der Waals surface area (Å²) in [6.07, 6.45) is 3.49. The molecule has 0 spiro atoms. The fraction of sp³-hybridized carbons (Fsp3) is 0.300. The van der Waals surface area contributed by atoms with Gasteiger partial charge in [-0.15, -0.1) is 11.3 Å². The van der Waals surface area contributed by atoms with Gasteiger partial charge in [0.15, 0.2) is 0 Å². The van der Waals surface area contributed by atoms with Crippen molar-refractivity contribution >= 4 is 28.8 Å².